The van der Waals surface area contributed by atoms with Crippen LogP contribution in [0.3, 0.4) is 0 Å². The largest absolute Gasteiger partial charge is 0.392 e. The second-order valence-corrected chi connectivity index (χ2v) is 5.17. The van der Waals surface area contributed by atoms with Crippen LogP contribution in [-0.4, -0.2) is 15.2 Å². The Morgan fingerprint density at radius 2 is 2.00 bits per heavy atom. The fourth-order valence-electron chi connectivity index (χ4n) is 2.03. The Hall–Kier alpha value is -2.37. The van der Waals surface area contributed by atoms with Crippen LogP contribution in [-0.2, 0) is 13.2 Å². The van der Waals surface area contributed by atoms with E-state index in [2.05, 4.69) is 15.5 Å². The number of nitrogens with zero attached hydrogens (tertiary/aromatic N) is 2. The van der Waals surface area contributed by atoms with Gasteiger partial charge in [0, 0.05) is 16.3 Å². The smallest absolute Gasteiger partial charge is 0.246 e. The molecule has 0 bridgehead atoms. The number of aromatic nitrogens is 2. The third-order valence-corrected chi connectivity index (χ3v) is 3.34. The van der Waals surface area contributed by atoms with Gasteiger partial charge >= 0.3 is 0 Å². The fourth-order valence-corrected chi connectivity index (χ4v) is 2.22. The summed E-state index contributed by atoms with van der Waals surface area (Å²) in [5.74, 6) is 0.979. The number of rotatable bonds is 5. The average molecular weight is 316 g/mol. The average Bonchev–Trinajstić information content (AvgIpc) is 3.02. The summed E-state index contributed by atoms with van der Waals surface area (Å²) in [6.45, 7) is 0.414. The first-order chi connectivity index (χ1) is 10.7. The van der Waals surface area contributed by atoms with Crippen molar-refractivity contribution in [2.75, 3.05) is 5.32 Å². The van der Waals surface area contributed by atoms with Crippen LogP contribution in [0.15, 0.2) is 53.1 Å². The van der Waals surface area contributed by atoms with E-state index in [0.717, 1.165) is 16.8 Å². The number of hydrogen-bond acceptors (Lipinski definition) is 5. The number of aliphatic hydroxyl groups excluding tert-OH is 1. The molecule has 2 N–H and O–H groups in total. The Balaban J connectivity index is 1.69. The number of nitrogens with one attached hydrogen (secondary N) is 1. The first-order valence-corrected chi connectivity index (χ1v) is 7.14. The summed E-state index contributed by atoms with van der Waals surface area (Å²) in [5, 5.41) is 16.9. The molecule has 0 amide bonds. The van der Waals surface area contributed by atoms with Crippen LogP contribution < -0.4 is 5.32 Å². The third-order valence-electron chi connectivity index (χ3n) is 3.10. The third kappa shape index (κ3) is 3.44. The van der Waals surface area contributed by atoms with Crippen molar-refractivity contribution >= 4 is 17.3 Å². The lowest BCUT2D eigenvalue weighted by atomic mass is 10.2. The SMILES string of the molecule is OCc1cccc(NCc2nc(-c3cccc(Cl)c3)no2)c1. The van der Waals surface area contributed by atoms with Gasteiger partial charge in [-0.05, 0) is 29.8 Å². The van der Waals surface area contributed by atoms with Crippen LogP contribution in [0.5, 0.6) is 0 Å². The second kappa shape index (κ2) is 6.60. The molecule has 22 heavy (non-hydrogen) atoms. The predicted molar refractivity (Wildman–Crippen MR) is 84.4 cm³/mol. The van der Waals surface area contributed by atoms with Gasteiger partial charge in [-0.15, -0.1) is 0 Å². The summed E-state index contributed by atoms with van der Waals surface area (Å²) in [5.41, 5.74) is 2.54. The lowest BCUT2D eigenvalue weighted by Gasteiger charge is -2.04. The first-order valence-electron chi connectivity index (χ1n) is 6.77. The van der Waals surface area contributed by atoms with Crippen molar-refractivity contribution in [1.82, 2.24) is 10.1 Å². The quantitative estimate of drug-likeness (QED) is 0.754. The molecule has 112 valence electrons. The minimum absolute atomic E-state index is 0.00892. The molecule has 0 saturated heterocycles. The Labute approximate surface area is 132 Å². The van der Waals surface area contributed by atoms with E-state index >= 15 is 0 Å². The molecule has 0 aliphatic carbocycles. The maximum absolute atomic E-state index is 9.12. The zero-order chi connectivity index (χ0) is 15.4. The molecular weight excluding hydrogens is 302 g/mol. The molecule has 2 aromatic carbocycles. The molecule has 0 spiro atoms. The van der Waals surface area contributed by atoms with Crippen molar-refractivity contribution in [3.8, 4) is 11.4 Å². The minimum Gasteiger partial charge on any atom is -0.392 e. The van der Waals surface area contributed by atoms with Crippen LogP contribution in [0.25, 0.3) is 11.4 Å². The van der Waals surface area contributed by atoms with Crippen molar-refractivity contribution in [3.63, 3.8) is 0 Å². The number of aliphatic hydroxyl groups is 1. The first kappa shape index (κ1) is 14.6. The van der Waals surface area contributed by atoms with Crippen LogP contribution in [0.1, 0.15) is 11.5 Å². The summed E-state index contributed by atoms with van der Waals surface area (Å²) < 4.78 is 5.22. The highest BCUT2D eigenvalue weighted by Crippen LogP contribution is 2.20. The van der Waals surface area contributed by atoms with Crippen molar-refractivity contribution < 1.29 is 9.63 Å². The molecule has 6 heteroatoms. The Morgan fingerprint density at radius 1 is 1.14 bits per heavy atom. The fraction of sp³-hybridized carbons (Fsp3) is 0.125. The van der Waals surface area contributed by atoms with Crippen molar-refractivity contribution in [3.05, 3.63) is 65.0 Å². The van der Waals surface area contributed by atoms with Gasteiger partial charge in [0.15, 0.2) is 0 Å². The summed E-state index contributed by atoms with van der Waals surface area (Å²) in [7, 11) is 0. The zero-order valence-electron chi connectivity index (χ0n) is 11.7. The molecule has 0 radical (unpaired) electrons. The monoisotopic (exact) mass is 315 g/mol. The van der Waals surface area contributed by atoms with Crippen molar-refractivity contribution in [1.29, 1.82) is 0 Å². The van der Waals surface area contributed by atoms with Gasteiger partial charge in [0.25, 0.3) is 0 Å². The Morgan fingerprint density at radius 3 is 2.82 bits per heavy atom. The summed E-state index contributed by atoms with van der Waals surface area (Å²) in [6.07, 6.45) is 0. The van der Waals surface area contributed by atoms with Crippen LogP contribution in [0.2, 0.25) is 5.02 Å². The second-order valence-electron chi connectivity index (χ2n) is 4.73. The van der Waals surface area contributed by atoms with E-state index in [0.29, 0.717) is 23.3 Å². The van der Waals surface area contributed by atoms with Gasteiger partial charge in [-0.3, -0.25) is 0 Å². The molecule has 0 fully saturated rings. The van der Waals surface area contributed by atoms with Gasteiger partial charge in [-0.1, -0.05) is 41.0 Å². The highest BCUT2D eigenvalue weighted by molar-refractivity contribution is 6.30. The Bertz CT molecular complexity index is 773. The molecule has 1 heterocycles. The Kier molecular flexibility index (Phi) is 4.37. The van der Waals surface area contributed by atoms with E-state index in [1.165, 1.54) is 0 Å². The maximum atomic E-state index is 9.12. The van der Waals surface area contributed by atoms with Crippen LogP contribution >= 0.6 is 11.6 Å². The predicted octanol–water partition coefficient (Wildman–Crippen LogP) is 3.49. The van der Waals surface area contributed by atoms with E-state index in [9.17, 15) is 0 Å². The van der Waals surface area contributed by atoms with Crippen LogP contribution in [0, 0.1) is 0 Å². The van der Waals surface area contributed by atoms with Gasteiger partial charge < -0.3 is 14.9 Å². The minimum atomic E-state index is 0.00892. The van der Waals surface area contributed by atoms with Gasteiger partial charge in [-0.25, -0.2) is 0 Å². The van der Waals surface area contributed by atoms with Gasteiger partial charge in [-0.2, -0.15) is 4.98 Å². The van der Waals surface area contributed by atoms with E-state index in [4.69, 9.17) is 21.2 Å². The van der Waals surface area contributed by atoms with Crippen LogP contribution in [0.4, 0.5) is 5.69 Å². The van der Waals surface area contributed by atoms with Crippen molar-refractivity contribution in [2.24, 2.45) is 0 Å². The molecule has 0 atom stereocenters. The summed E-state index contributed by atoms with van der Waals surface area (Å²) in [6, 6.07) is 14.8. The molecular formula is C16H14ClN3O2. The standard InChI is InChI=1S/C16H14ClN3O2/c17-13-5-2-4-12(8-13)16-19-15(22-20-16)9-18-14-6-1-3-11(7-14)10-21/h1-8,18,21H,9-10H2. The normalized spacial score (nSPS) is 10.6. The van der Waals surface area contributed by atoms with E-state index in [-0.39, 0.29) is 6.61 Å². The highest BCUT2D eigenvalue weighted by Gasteiger charge is 2.08. The highest BCUT2D eigenvalue weighted by atomic mass is 35.5. The number of hydrogen-bond donors (Lipinski definition) is 2. The lowest BCUT2D eigenvalue weighted by molar-refractivity contribution is 0.282. The molecule has 0 aliphatic heterocycles. The van der Waals surface area contributed by atoms with Gasteiger partial charge in [0.1, 0.15) is 0 Å². The van der Waals surface area contributed by atoms with E-state index in [1.807, 2.05) is 36.4 Å². The van der Waals surface area contributed by atoms with E-state index < -0.39 is 0 Å². The molecule has 0 unspecified atom stereocenters. The van der Waals surface area contributed by atoms with Gasteiger partial charge in [0.2, 0.25) is 11.7 Å². The lowest BCUT2D eigenvalue weighted by Crippen LogP contribution is -2.00. The molecule has 5 nitrogen and oxygen atoms in total. The zero-order valence-corrected chi connectivity index (χ0v) is 12.4. The topological polar surface area (TPSA) is 71.2 Å². The maximum Gasteiger partial charge on any atom is 0.246 e. The summed E-state index contributed by atoms with van der Waals surface area (Å²) in [4.78, 5) is 4.33. The molecule has 0 aliphatic rings. The number of halogens is 1. The van der Waals surface area contributed by atoms with Gasteiger partial charge in [0.05, 0.1) is 13.2 Å². The molecule has 1 aromatic heterocycles. The number of anilines is 1. The summed E-state index contributed by atoms with van der Waals surface area (Å²) >= 11 is 5.95. The van der Waals surface area contributed by atoms with E-state index in [1.54, 1.807) is 12.1 Å². The molecule has 3 aromatic rings. The molecule has 0 saturated carbocycles. The number of benzene rings is 2. The molecule has 3 rings (SSSR count). The van der Waals surface area contributed by atoms with Crippen molar-refractivity contribution in [2.45, 2.75) is 13.2 Å².